The van der Waals surface area contributed by atoms with E-state index in [2.05, 4.69) is 57.2 Å². The molecule has 1 fully saturated rings. The first-order valence-corrected chi connectivity index (χ1v) is 12.4. The Bertz CT molecular complexity index is 963. The summed E-state index contributed by atoms with van der Waals surface area (Å²) in [5, 5.41) is 3.23. The first kappa shape index (κ1) is 22.6. The number of hydrogen-bond acceptors (Lipinski definition) is 5. The Morgan fingerprint density at radius 3 is 2.22 bits per heavy atom. The summed E-state index contributed by atoms with van der Waals surface area (Å²) in [5.41, 5.74) is 3.29. The van der Waals surface area contributed by atoms with Gasteiger partial charge in [0.2, 0.25) is 0 Å². The molecule has 1 aliphatic heterocycles. The average Bonchev–Trinajstić information content (AvgIpc) is 3.35. The van der Waals surface area contributed by atoms with Crippen molar-refractivity contribution >= 4 is 17.2 Å². The van der Waals surface area contributed by atoms with Gasteiger partial charge in [0.15, 0.2) is 0 Å². The lowest BCUT2D eigenvalue weighted by Gasteiger charge is -2.39. The molecule has 2 heterocycles. The first-order valence-electron chi connectivity index (χ1n) is 11.5. The Kier molecular flexibility index (Phi) is 7.68. The normalized spacial score (nSPS) is 16.1. The van der Waals surface area contributed by atoms with Gasteiger partial charge >= 0.3 is 0 Å². The van der Waals surface area contributed by atoms with Gasteiger partial charge in [-0.2, -0.15) is 0 Å². The molecule has 0 N–H and O–H groups in total. The first-order chi connectivity index (χ1) is 15.7. The van der Waals surface area contributed by atoms with Crippen molar-refractivity contribution in [3.8, 4) is 0 Å². The Morgan fingerprint density at radius 2 is 1.62 bits per heavy atom. The minimum atomic E-state index is 0.105. The molecule has 4 rings (SSSR count). The van der Waals surface area contributed by atoms with Gasteiger partial charge in [-0.1, -0.05) is 42.5 Å². The molecular weight excluding hydrogens is 416 g/mol. The summed E-state index contributed by atoms with van der Waals surface area (Å²) in [6.45, 7) is 10.5. The van der Waals surface area contributed by atoms with Crippen molar-refractivity contribution in [1.29, 1.82) is 0 Å². The predicted octanol–water partition coefficient (Wildman–Crippen LogP) is 4.53. The number of piperazine rings is 1. The quantitative estimate of drug-likeness (QED) is 0.508. The second-order valence-electron chi connectivity index (χ2n) is 8.15. The number of carbonyl (C=O) groups is 1. The van der Waals surface area contributed by atoms with Crippen LogP contribution in [0.25, 0.3) is 0 Å². The van der Waals surface area contributed by atoms with Crippen LogP contribution in [-0.4, -0.2) is 64.9 Å². The minimum absolute atomic E-state index is 0.105. The van der Waals surface area contributed by atoms with Crippen molar-refractivity contribution in [1.82, 2.24) is 19.7 Å². The van der Waals surface area contributed by atoms with Crippen LogP contribution < -0.4 is 0 Å². The van der Waals surface area contributed by atoms with Crippen molar-refractivity contribution in [2.45, 2.75) is 26.4 Å². The molecule has 1 amide bonds. The summed E-state index contributed by atoms with van der Waals surface area (Å²) >= 11 is 1.73. The fraction of sp³-hybridized carbons (Fsp3) is 0.385. The highest BCUT2D eigenvalue weighted by molar-refractivity contribution is 7.09. The Morgan fingerprint density at radius 1 is 0.969 bits per heavy atom. The van der Waals surface area contributed by atoms with Gasteiger partial charge < -0.3 is 4.90 Å². The highest BCUT2D eigenvalue weighted by Crippen LogP contribution is 2.30. The lowest BCUT2D eigenvalue weighted by atomic mass is 9.95. The molecule has 0 aliphatic carbocycles. The lowest BCUT2D eigenvalue weighted by molar-refractivity contribution is 0.0773. The second kappa shape index (κ2) is 10.9. The molecular formula is C26H32N4OS. The highest BCUT2D eigenvalue weighted by Gasteiger charge is 2.27. The molecule has 1 saturated heterocycles. The maximum absolute atomic E-state index is 12.7. The minimum Gasteiger partial charge on any atom is -0.339 e. The zero-order chi connectivity index (χ0) is 22.3. The molecule has 3 aromatic rings. The molecule has 0 saturated carbocycles. The van der Waals surface area contributed by atoms with E-state index < -0.39 is 0 Å². The van der Waals surface area contributed by atoms with Crippen LogP contribution in [0.5, 0.6) is 0 Å². The van der Waals surface area contributed by atoms with Crippen LogP contribution >= 0.6 is 11.3 Å². The van der Waals surface area contributed by atoms with Crippen LogP contribution in [0, 0.1) is 0 Å². The van der Waals surface area contributed by atoms with E-state index in [1.165, 1.54) is 16.1 Å². The number of hydrogen-bond donors (Lipinski definition) is 0. The average molecular weight is 449 g/mol. The van der Waals surface area contributed by atoms with Crippen LogP contribution in [0.15, 0.2) is 66.2 Å². The molecule has 168 valence electrons. The smallest absolute Gasteiger partial charge is 0.253 e. The van der Waals surface area contributed by atoms with E-state index in [9.17, 15) is 4.79 Å². The summed E-state index contributed by atoms with van der Waals surface area (Å²) in [6, 6.07) is 19.2. The molecule has 1 atom stereocenters. The summed E-state index contributed by atoms with van der Waals surface area (Å²) in [6.07, 6.45) is 1.89. The van der Waals surface area contributed by atoms with Crippen LogP contribution in [0.2, 0.25) is 0 Å². The van der Waals surface area contributed by atoms with Gasteiger partial charge in [0.25, 0.3) is 5.91 Å². The Balaban J connectivity index is 1.51. The van der Waals surface area contributed by atoms with Gasteiger partial charge in [-0.15, -0.1) is 11.3 Å². The SMILES string of the molecule is CCN(CC)C(=O)c1ccc(C(c2ccccc2)N2CCN(Cc3nccs3)CC2)cc1. The summed E-state index contributed by atoms with van der Waals surface area (Å²) < 4.78 is 0. The standard InChI is InChI=1S/C26H32N4OS/c1-3-29(4-2)26(31)23-12-10-22(11-13-23)25(21-8-6-5-7-9-21)30-17-15-28(16-18-30)20-24-27-14-19-32-24/h5-14,19,25H,3-4,15-18,20H2,1-2H3. The van der Waals surface area contributed by atoms with Crippen molar-refractivity contribution < 1.29 is 4.79 Å². The lowest BCUT2D eigenvalue weighted by Crippen LogP contribution is -2.47. The Hall–Kier alpha value is -2.54. The van der Waals surface area contributed by atoms with Gasteiger partial charge in [-0.3, -0.25) is 14.6 Å². The number of nitrogens with zero attached hydrogens (tertiary/aromatic N) is 4. The third-order valence-corrected chi connectivity index (χ3v) is 7.02. The fourth-order valence-electron chi connectivity index (χ4n) is 4.45. The zero-order valence-electron chi connectivity index (χ0n) is 19.0. The molecule has 0 bridgehead atoms. The largest absolute Gasteiger partial charge is 0.339 e. The van der Waals surface area contributed by atoms with Crippen LogP contribution in [-0.2, 0) is 6.54 Å². The van der Waals surface area contributed by atoms with Crippen LogP contribution in [0.3, 0.4) is 0 Å². The predicted molar refractivity (Wildman–Crippen MR) is 131 cm³/mol. The molecule has 0 spiro atoms. The summed E-state index contributed by atoms with van der Waals surface area (Å²) in [7, 11) is 0. The van der Waals surface area contributed by atoms with E-state index in [4.69, 9.17) is 0 Å². The van der Waals surface area contributed by atoms with Gasteiger partial charge in [0, 0.05) is 56.4 Å². The molecule has 6 heteroatoms. The van der Waals surface area contributed by atoms with Gasteiger partial charge in [0.1, 0.15) is 5.01 Å². The molecule has 1 unspecified atom stereocenters. The van der Waals surface area contributed by atoms with Crippen molar-refractivity contribution in [3.63, 3.8) is 0 Å². The molecule has 1 aliphatic rings. The second-order valence-corrected chi connectivity index (χ2v) is 9.13. The number of rotatable bonds is 8. The number of carbonyl (C=O) groups excluding carboxylic acids is 1. The molecule has 32 heavy (non-hydrogen) atoms. The van der Waals surface area contributed by atoms with E-state index in [0.717, 1.165) is 51.4 Å². The van der Waals surface area contributed by atoms with Crippen molar-refractivity contribution in [2.75, 3.05) is 39.3 Å². The summed E-state index contributed by atoms with van der Waals surface area (Å²) in [4.78, 5) is 24.1. The van der Waals surface area contributed by atoms with Crippen LogP contribution in [0.1, 0.15) is 46.4 Å². The van der Waals surface area contributed by atoms with E-state index in [0.29, 0.717) is 0 Å². The third kappa shape index (κ3) is 5.26. The zero-order valence-corrected chi connectivity index (χ0v) is 19.8. The fourth-order valence-corrected chi connectivity index (χ4v) is 5.11. The number of amides is 1. The van der Waals surface area contributed by atoms with Crippen molar-refractivity contribution in [2.24, 2.45) is 0 Å². The number of thiazole rings is 1. The molecule has 5 nitrogen and oxygen atoms in total. The highest BCUT2D eigenvalue weighted by atomic mass is 32.1. The number of aromatic nitrogens is 1. The van der Waals surface area contributed by atoms with E-state index >= 15 is 0 Å². The topological polar surface area (TPSA) is 39.7 Å². The molecule has 0 radical (unpaired) electrons. The van der Waals surface area contributed by atoms with Gasteiger partial charge in [-0.25, -0.2) is 4.98 Å². The maximum Gasteiger partial charge on any atom is 0.253 e. The van der Waals surface area contributed by atoms with E-state index in [1.54, 1.807) is 11.3 Å². The van der Waals surface area contributed by atoms with E-state index in [1.807, 2.05) is 42.5 Å². The molecule has 2 aromatic carbocycles. The van der Waals surface area contributed by atoms with E-state index in [-0.39, 0.29) is 11.9 Å². The van der Waals surface area contributed by atoms with Gasteiger partial charge in [0.05, 0.1) is 12.6 Å². The van der Waals surface area contributed by atoms with Gasteiger partial charge in [-0.05, 0) is 37.1 Å². The van der Waals surface area contributed by atoms with Crippen LogP contribution in [0.4, 0.5) is 0 Å². The third-order valence-electron chi connectivity index (χ3n) is 6.25. The summed E-state index contributed by atoms with van der Waals surface area (Å²) in [5.74, 6) is 0.105. The maximum atomic E-state index is 12.7. The van der Waals surface area contributed by atoms with Crippen molar-refractivity contribution in [3.05, 3.63) is 87.9 Å². The number of benzene rings is 2. The monoisotopic (exact) mass is 448 g/mol. The molecule has 1 aromatic heterocycles. The Labute approximate surface area is 195 Å².